The first-order valence-corrected chi connectivity index (χ1v) is 8.14. The van der Waals surface area contributed by atoms with E-state index in [2.05, 4.69) is 11.1 Å². The Hall–Kier alpha value is -1.88. The summed E-state index contributed by atoms with van der Waals surface area (Å²) >= 11 is 1.55. The zero-order valence-electron chi connectivity index (χ0n) is 13.7. The van der Waals surface area contributed by atoms with E-state index in [1.165, 1.54) is 0 Å². The van der Waals surface area contributed by atoms with Crippen LogP contribution in [-0.4, -0.2) is 29.4 Å². The summed E-state index contributed by atoms with van der Waals surface area (Å²) in [7, 11) is 1.79. The molecule has 0 radical (unpaired) electrons. The van der Waals surface area contributed by atoms with Crippen molar-refractivity contribution < 1.29 is 9.53 Å². The lowest BCUT2D eigenvalue weighted by atomic mass is 10.1. The van der Waals surface area contributed by atoms with Crippen molar-refractivity contribution in [3.63, 3.8) is 0 Å². The molecule has 1 atom stereocenters. The maximum atomic E-state index is 12.3. The summed E-state index contributed by atoms with van der Waals surface area (Å²) in [5, 5.41) is 2.85. The van der Waals surface area contributed by atoms with Crippen LogP contribution >= 0.6 is 11.3 Å². The Morgan fingerprint density at radius 3 is 2.64 bits per heavy atom. The summed E-state index contributed by atoms with van der Waals surface area (Å²) in [5.41, 5.74) is 3.30. The van der Waals surface area contributed by atoms with Crippen LogP contribution in [0.3, 0.4) is 0 Å². The molecule has 0 bridgehead atoms. The highest BCUT2D eigenvalue weighted by molar-refractivity contribution is 7.09. The number of nitrogens with zero attached hydrogens (tertiary/aromatic N) is 2. The van der Waals surface area contributed by atoms with Gasteiger partial charge in [0.25, 0.3) is 5.91 Å². The molecule has 0 fully saturated rings. The Labute approximate surface area is 135 Å². The first-order valence-electron chi connectivity index (χ1n) is 7.26. The predicted octanol–water partition coefficient (Wildman–Crippen LogP) is 3.67. The van der Waals surface area contributed by atoms with Crippen molar-refractivity contribution in [1.82, 2.24) is 9.88 Å². The first kappa shape index (κ1) is 16.5. The van der Waals surface area contributed by atoms with Crippen LogP contribution in [0.5, 0.6) is 5.75 Å². The number of thiazole rings is 1. The molecule has 4 nitrogen and oxygen atoms in total. The quantitative estimate of drug-likeness (QED) is 0.845. The molecule has 2 aromatic rings. The fourth-order valence-corrected chi connectivity index (χ4v) is 2.94. The molecule has 1 amide bonds. The molecule has 1 heterocycles. The van der Waals surface area contributed by atoms with E-state index in [-0.39, 0.29) is 18.6 Å². The van der Waals surface area contributed by atoms with Crippen LogP contribution < -0.4 is 4.74 Å². The van der Waals surface area contributed by atoms with E-state index >= 15 is 0 Å². The summed E-state index contributed by atoms with van der Waals surface area (Å²) in [6, 6.07) is 4.04. The number of rotatable bonds is 5. The molecule has 0 aliphatic heterocycles. The van der Waals surface area contributed by atoms with Crippen molar-refractivity contribution in [3.8, 4) is 5.75 Å². The van der Waals surface area contributed by atoms with Gasteiger partial charge in [0, 0.05) is 18.6 Å². The number of hydrogen-bond acceptors (Lipinski definition) is 4. The third-order valence-corrected chi connectivity index (χ3v) is 4.94. The van der Waals surface area contributed by atoms with E-state index in [1.54, 1.807) is 29.5 Å². The SMILES string of the molecule is Cc1ccc(C)c(OCC(=O)N(C)[C@@H](C)c2nccs2)c1C. The van der Waals surface area contributed by atoms with Gasteiger partial charge >= 0.3 is 0 Å². The minimum Gasteiger partial charge on any atom is -0.483 e. The van der Waals surface area contributed by atoms with Gasteiger partial charge in [0.15, 0.2) is 6.61 Å². The van der Waals surface area contributed by atoms with Crippen LogP contribution in [0, 0.1) is 20.8 Å². The second kappa shape index (κ2) is 6.92. The molecule has 1 aromatic heterocycles. The van der Waals surface area contributed by atoms with Crippen molar-refractivity contribution in [3.05, 3.63) is 45.4 Å². The molecule has 118 valence electrons. The van der Waals surface area contributed by atoms with Gasteiger partial charge in [-0.05, 0) is 44.4 Å². The topological polar surface area (TPSA) is 42.4 Å². The molecule has 0 saturated carbocycles. The maximum Gasteiger partial charge on any atom is 0.260 e. The van der Waals surface area contributed by atoms with Gasteiger partial charge in [-0.15, -0.1) is 11.3 Å². The number of aromatic nitrogens is 1. The Bertz CT molecular complexity index is 653. The molecule has 22 heavy (non-hydrogen) atoms. The van der Waals surface area contributed by atoms with Gasteiger partial charge in [0.2, 0.25) is 0 Å². The number of carbonyl (C=O) groups is 1. The lowest BCUT2D eigenvalue weighted by molar-refractivity contribution is -0.134. The Morgan fingerprint density at radius 2 is 2.00 bits per heavy atom. The third kappa shape index (κ3) is 3.47. The third-order valence-electron chi connectivity index (χ3n) is 4.00. The number of aryl methyl sites for hydroxylation is 2. The Morgan fingerprint density at radius 1 is 1.32 bits per heavy atom. The van der Waals surface area contributed by atoms with Gasteiger partial charge in [-0.25, -0.2) is 4.98 Å². The lowest BCUT2D eigenvalue weighted by Crippen LogP contribution is -2.33. The van der Waals surface area contributed by atoms with Crippen molar-refractivity contribution in [2.24, 2.45) is 0 Å². The summed E-state index contributed by atoms with van der Waals surface area (Å²) in [6.45, 7) is 8.07. The van der Waals surface area contributed by atoms with E-state index in [9.17, 15) is 4.79 Å². The van der Waals surface area contributed by atoms with Crippen LogP contribution in [0.25, 0.3) is 0 Å². The lowest BCUT2D eigenvalue weighted by Gasteiger charge is -2.24. The summed E-state index contributed by atoms with van der Waals surface area (Å²) < 4.78 is 5.79. The van der Waals surface area contributed by atoms with E-state index in [4.69, 9.17) is 4.74 Å². The summed E-state index contributed by atoms with van der Waals surface area (Å²) in [6.07, 6.45) is 1.75. The standard InChI is InChI=1S/C17H22N2O2S/c1-11-6-7-12(2)16(13(11)3)21-10-15(20)19(5)14(4)17-18-8-9-22-17/h6-9,14H,10H2,1-5H3/t14-/m0/s1. The molecule has 0 aliphatic carbocycles. The molecule has 1 aromatic carbocycles. The molecule has 0 spiro atoms. The van der Waals surface area contributed by atoms with Crippen LogP contribution in [0.4, 0.5) is 0 Å². The van der Waals surface area contributed by atoms with Gasteiger partial charge in [0.05, 0.1) is 6.04 Å². The number of ether oxygens (including phenoxy) is 1. The zero-order valence-corrected chi connectivity index (χ0v) is 14.5. The van der Waals surface area contributed by atoms with Crippen LogP contribution in [0.15, 0.2) is 23.7 Å². The van der Waals surface area contributed by atoms with Gasteiger partial charge in [-0.3, -0.25) is 4.79 Å². The van der Waals surface area contributed by atoms with Gasteiger partial charge < -0.3 is 9.64 Å². The van der Waals surface area contributed by atoms with Gasteiger partial charge in [-0.1, -0.05) is 12.1 Å². The molecule has 0 aliphatic rings. The van der Waals surface area contributed by atoms with Gasteiger partial charge in [0.1, 0.15) is 10.8 Å². The number of likely N-dealkylation sites (N-methyl/N-ethyl adjacent to an activating group) is 1. The van der Waals surface area contributed by atoms with E-state index in [1.807, 2.05) is 39.1 Å². The number of carbonyl (C=O) groups excluding carboxylic acids is 1. The fraction of sp³-hybridized carbons (Fsp3) is 0.412. The summed E-state index contributed by atoms with van der Waals surface area (Å²) in [4.78, 5) is 18.3. The average molecular weight is 318 g/mol. The molecular formula is C17H22N2O2S. The Kier molecular flexibility index (Phi) is 5.19. The predicted molar refractivity (Wildman–Crippen MR) is 89.4 cm³/mol. The van der Waals surface area contributed by atoms with Crippen molar-refractivity contribution >= 4 is 17.2 Å². The zero-order chi connectivity index (χ0) is 16.3. The van der Waals surface area contributed by atoms with E-state index < -0.39 is 0 Å². The van der Waals surface area contributed by atoms with Crippen LogP contribution in [0.1, 0.15) is 34.7 Å². The molecule has 5 heteroatoms. The van der Waals surface area contributed by atoms with Gasteiger partial charge in [-0.2, -0.15) is 0 Å². The smallest absolute Gasteiger partial charge is 0.260 e. The minimum absolute atomic E-state index is 0.0390. The van der Waals surface area contributed by atoms with E-state index in [0.29, 0.717) is 0 Å². The van der Waals surface area contributed by atoms with Crippen molar-refractivity contribution in [2.75, 3.05) is 13.7 Å². The Balaban J connectivity index is 2.03. The normalized spacial score (nSPS) is 12.0. The maximum absolute atomic E-state index is 12.3. The highest BCUT2D eigenvalue weighted by Crippen LogP contribution is 2.26. The summed E-state index contributed by atoms with van der Waals surface area (Å²) in [5.74, 6) is 0.756. The number of benzene rings is 1. The van der Waals surface area contributed by atoms with Crippen LogP contribution in [-0.2, 0) is 4.79 Å². The molecule has 0 N–H and O–H groups in total. The largest absolute Gasteiger partial charge is 0.483 e. The van der Waals surface area contributed by atoms with Crippen molar-refractivity contribution in [1.29, 1.82) is 0 Å². The molecule has 0 unspecified atom stereocenters. The van der Waals surface area contributed by atoms with Crippen molar-refractivity contribution in [2.45, 2.75) is 33.7 Å². The second-order valence-corrected chi connectivity index (χ2v) is 6.42. The van der Waals surface area contributed by atoms with E-state index in [0.717, 1.165) is 27.4 Å². The molecular weight excluding hydrogens is 296 g/mol. The first-order chi connectivity index (χ1) is 10.4. The fourth-order valence-electron chi connectivity index (χ4n) is 2.21. The average Bonchev–Trinajstić information content (AvgIpc) is 3.03. The highest BCUT2D eigenvalue weighted by Gasteiger charge is 2.20. The highest BCUT2D eigenvalue weighted by atomic mass is 32.1. The monoisotopic (exact) mass is 318 g/mol. The molecule has 2 rings (SSSR count). The number of amides is 1. The number of hydrogen-bond donors (Lipinski definition) is 0. The van der Waals surface area contributed by atoms with Crippen LogP contribution in [0.2, 0.25) is 0 Å². The molecule has 0 saturated heterocycles. The minimum atomic E-state index is -0.0528. The second-order valence-electron chi connectivity index (χ2n) is 5.49.